The highest BCUT2D eigenvalue weighted by Gasteiger charge is 2.42. The molecule has 1 rings (SSSR count). The lowest BCUT2D eigenvalue weighted by atomic mass is 10.3. The van der Waals surface area contributed by atoms with Gasteiger partial charge in [-0.1, -0.05) is 0 Å². The third-order valence-corrected chi connectivity index (χ3v) is 1.81. The molecule has 0 bridgehead atoms. The van der Waals surface area contributed by atoms with Gasteiger partial charge < -0.3 is 10.5 Å². The van der Waals surface area contributed by atoms with Gasteiger partial charge in [0.15, 0.2) is 0 Å². The predicted octanol–water partition coefficient (Wildman–Crippen LogP) is 0.566. The summed E-state index contributed by atoms with van der Waals surface area (Å²) in [5.41, 5.74) is 5.35. The Hall–Kier alpha value is -0.280. The maximum atomic E-state index is 10.9. The quantitative estimate of drug-likeness (QED) is 0.645. The summed E-state index contributed by atoms with van der Waals surface area (Å²) in [6.45, 7) is 2.91. The molecule has 0 spiro atoms. The predicted molar refractivity (Wildman–Crippen MR) is 44.5 cm³/mol. The van der Waals surface area contributed by atoms with E-state index in [4.69, 9.17) is 10.5 Å². The monoisotopic (exact) mass is 179 g/mol. The van der Waals surface area contributed by atoms with E-state index in [1.807, 2.05) is 6.92 Å². The van der Waals surface area contributed by atoms with Crippen molar-refractivity contribution in [3.63, 3.8) is 0 Å². The molecule has 1 aliphatic carbocycles. The van der Waals surface area contributed by atoms with Crippen LogP contribution in [0, 0.1) is 11.8 Å². The van der Waals surface area contributed by atoms with E-state index in [0.717, 1.165) is 6.42 Å². The van der Waals surface area contributed by atoms with Crippen LogP contribution in [0.2, 0.25) is 0 Å². The Labute approximate surface area is 72.7 Å². The van der Waals surface area contributed by atoms with Crippen LogP contribution < -0.4 is 5.73 Å². The van der Waals surface area contributed by atoms with Crippen LogP contribution in [0.25, 0.3) is 0 Å². The number of hydrogen-bond donors (Lipinski definition) is 1. The summed E-state index contributed by atoms with van der Waals surface area (Å²) in [6.07, 6.45) is 0.926. The maximum absolute atomic E-state index is 10.9. The Bertz CT molecular complexity index is 140. The highest BCUT2D eigenvalue weighted by atomic mass is 35.5. The molecule has 0 heterocycles. The number of rotatable bonds is 3. The molecule has 0 saturated heterocycles. The molecule has 11 heavy (non-hydrogen) atoms. The van der Waals surface area contributed by atoms with Crippen molar-refractivity contribution in [2.24, 2.45) is 17.6 Å². The van der Waals surface area contributed by atoms with Crippen LogP contribution in [0.1, 0.15) is 13.3 Å². The molecule has 0 aliphatic heterocycles. The summed E-state index contributed by atoms with van der Waals surface area (Å²) in [5.74, 6) is 0.446. The smallest absolute Gasteiger partial charge is 0.309 e. The van der Waals surface area contributed by atoms with Crippen LogP contribution in [0.3, 0.4) is 0 Å². The van der Waals surface area contributed by atoms with Gasteiger partial charge in [0.2, 0.25) is 0 Å². The molecule has 66 valence electrons. The molecule has 0 unspecified atom stereocenters. The molecule has 3 nitrogen and oxygen atoms in total. The average Bonchev–Trinajstić information content (AvgIpc) is 2.66. The van der Waals surface area contributed by atoms with Crippen LogP contribution in [-0.2, 0) is 9.53 Å². The highest BCUT2D eigenvalue weighted by molar-refractivity contribution is 5.85. The number of hydrogen-bond acceptors (Lipinski definition) is 3. The molecule has 0 aromatic carbocycles. The second-order valence-corrected chi connectivity index (χ2v) is 2.59. The number of nitrogens with two attached hydrogens (primary N) is 1. The lowest BCUT2D eigenvalue weighted by Gasteiger charge is -1.97. The SMILES string of the molecule is CCOC(=O)[C@H]1C[C@H]1CN.Cl. The Kier molecular flexibility index (Phi) is 4.45. The molecule has 0 amide bonds. The molecule has 0 radical (unpaired) electrons. The molecular formula is C7H14ClNO2. The first-order valence-electron chi connectivity index (χ1n) is 3.66. The third-order valence-electron chi connectivity index (χ3n) is 1.81. The lowest BCUT2D eigenvalue weighted by molar-refractivity contribution is -0.145. The van der Waals surface area contributed by atoms with Crippen LogP contribution in [-0.4, -0.2) is 19.1 Å². The molecule has 1 saturated carbocycles. The van der Waals surface area contributed by atoms with Gasteiger partial charge in [-0.25, -0.2) is 0 Å². The van der Waals surface area contributed by atoms with Crippen LogP contribution in [0.5, 0.6) is 0 Å². The fraction of sp³-hybridized carbons (Fsp3) is 0.857. The molecule has 1 aliphatic rings. The summed E-state index contributed by atoms with van der Waals surface area (Å²) >= 11 is 0. The summed E-state index contributed by atoms with van der Waals surface area (Å²) < 4.78 is 4.80. The Balaban J connectivity index is 0.000001000. The minimum absolute atomic E-state index is 0. The fourth-order valence-corrected chi connectivity index (χ4v) is 1.05. The Morgan fingerprint density at radius 1 is 1.73 bits per heavy atom. The first kappa shape index (κ1) is 10.7. The summed E-state index contributed by atoms with van der Waals surface area (Å²) in [5, 5.41) is 0. The minimum atomic E-state index is -0.0713. The van der Waals surface area contributed by atoms with Crippen molar-refractivity contribution in [2.45, 2.75) is 13.3 Å². The summed E-state index contributed by atoms with van der Waals surface area (Å²) in [4.78, 5) is 10.9. The zero-order valence-electron chi connectivity index (χ0n) is 6.58. The van der Waals surface area contributed by atoms with Gasteiger partial charge in [-0.2, -0.15) is 0 Å². The standard InChI is InChI=1S/C7H13NO2.ClH/c1-2-10-7(9)6-3-5(6)4-8;/h5-6H,2-4,8H2,1H3;1H/t5-,6-;/m0./s1. The summed E-state index contributed by atoms with van der Waals surface area (Å²) in [6, 6.07) is 0. The second kappa shape index (κ2) is 4.57. The maximum Gasteiger partial charge on any atom is 0.309 e. The first-order chi connectivity index (χ1) is 4.79. The Morgan fingerprint density at radius 2 is 2.36 bits per heavy atom. The lowest BCUT2D eigenvalue weighted by Crippen LogP contribution is -2.11. The number of carbonyl (C=O) groups is 1. The minimum Gasteiger partial charge on any atom is -0.466 e. The van der Waals surface area contributed by atoms with Gasteiger partial charge in [-0.05, 0) is 25.8 Å². The molecule has 4 heteroatoms. The van der Waals surface area contributed by atoms with Crippen molar-refractivity contribution < 1.29 is 9.53 Å². The molecule has 0 aromatic heterocycles. The van der Waals surface area contributed by atoms with Gasteiger partial charge >= 0.3 is 5.97 Å². The fourth-order valence-electron chi connectivity index (χ4n) is 1.05. The van der Waals surface area contributed by atoms with E-state index >= 15 is 0 Å². The van der Waals surface area contributed by atoms with Crippen molar-refractivity contribution >= 4 is 18.4 Å². The van der Waals surface area contributed by atoms with Crippen LogP contribution in [0.4, 0.5) is 0 Å². The number of carbonyl (C=O) groups excluding carboxylic acids is 1. The molecular weight excluding hydrogens is 166 g/mol. The number of halogens is 1. The third kappa shape index (κ3) is 2.67. The largest absolute Gasteiger partial charge is 0.466 e. The van der Waals surface area contributed by atoms with E-state index in [2.05, 4.69) is 0 Å². The van der Waals surface area contributed by atoms with Gasteiger partial charge in [0.05, 0.1) is 12.5 Å². The topological polar surface area (TPSA) is 52.3 Å². The summed E-state index contributed by atoms with van der Waals surface area (Å²) in [7, 11) is 0. The number of esters is 1. The van der Waals surface area contributed by atoms with Gasteiger partial charge in [0.1, 0.15) is 0 Å². The molecule has 1 fully saturated rings. The van der Waals surface area contributed by atoms with Crippen LogP contribution in [0.15, 0.2) is 0 Å². The van der Waals surface area contributed by atoms with Crippen molar-refractivity contribution in [3.8, 4) is 0 Å². The van der Waals surface area contributed by atoms with Gasteiger partial charge in [-0.15, -0.1) is 12.4 Å². The molecule has 2 N–H and O–H groups in total. The van der Waals surface area contributed by atoms with Crippen LogP contribution >= 0.6 is 12.4 Å². The van der Waals surface area contributed by atoms with E-state index in [1.54, 1.807) is 0 Å². The van der Waals surface area contributed by atoms with Crippen molar-refractivity contribution in [2.75, 3.05) is 13.2 Å². The normalized spacial score (nSPS) is 27.1. The molecule has 2 atom stereocenters. The zero-order chi connectivity index (χ0) is 7.56. The van der Waals surface area contributed by atoms with Crippen molar-refractivity contribution in [3.05, 3.63) is 0 Å². The van der Waals surface area contributed by atoms with Crippen molar-refractivity contribution in [1.29, 1.82) is 0 Å². The van der Waals surface area contributed by atoms with E-state index in [0.29, 0.717) is 19.1 Å². The molecule has 0 aromatic rings. The second-order valence-electron chi connectivity index (χ2n) is 2.59. The van der Waals surface area contributed by atoms with Gasteiger partial charge in [0, 0.05) is 0 Å². The Morgan fingerprint density at radius 3 is 2.73 bits per heavy atom. The van der Waals surface area contributed by atoms with Gasteiger partial charge in [0.25, 0.3) is 0 Å². The first-order valence-corrected chi connectivity index (χ1v) is 3.66. The van der Waals surface area contributed by atoms with E-state index in [1.165, 1.54) is 0 Å². The van der Waals surface area contributed by atoms with E-state index in [-0.39, 0.29) is 24.3 Å². The van der Waals surface area contributed by atoms with E-state index < -0.39 is 0 Å². The zero-order valence-corrected chi connectivity index (χ0v) is 7.39. The van der Waals surface area contributed by atoms with Gasteiger partial charge in [-0.3, -0.25) is 4.79 Å². The number of ether oxygens (including phenoxy) is 1. The van der Waals surface area contributed by atoms with E-state index in [9.17, 15) is 4.79 Å². The van der Waals surface area contributed by atoms with Crippen molar-refractivity contribution in [1.82, 2.24) is 0 Å². The average molecular weight is 180 g/mol. The highest BCUT2D eigenvalue weighted by Crippen LogP contribution is 2.38.